The van der Waals surface area contributed by atoms with Gasteiger partial charge in [0.2, 0.25) is 0 Å². The number of nitrogens with one attached hydrogen (secondary N) is 1. The van der Waals surface area contributed by atoms with Crippen molar-refractivity contribution in [1.82, 2.24) is 9.88 Å². The molecule has 7 nitrogen and oxygen atoms in total. The maximum atomic E-state index is 12.2. The van der Waals surface area contributed by atoms with Crippen molar-refractivity contribution in [2.45, 2.75) is 65.6 Å². The molecule has 7 heteroatoms. The van der Waals surface area contributed by atoms with Crippen LogP contribution < -0.4 is 5.32 Å². The van der Waals surface area contributed by atoms with Crippen LogP contribution in [0.5, 0.6) is 0 Å². The normalized spacial score (nSPS) is 17.6. The van der Waals surface area contributed by atoms with Crippen molar-refractivity contribution in [3.05, 3.63) is 23.9 Å². The molecule has 1 aromatic heterocycles. The van der Waals surface area contributed by atoms with Crippen LogP contribution in [0, 0.1) is 5.92 Å². The van der Waals surface area contributed by atoms with Gasteiger partial charge in [-0.05, 0) is 72.4 Å². The molecule has 1 fully saturated rings. The Morgan fingerprint density at radius 1 is 1.15 bits per heavy atom. The summed E-state index contributed by atoms with van der Waals surface area (Å²) in [4.78, 5) is 30.3. The molecule has 27 heavy (non-hydrogen) atoms. The average Bonchev–Trinajstić information content (AvgIpc) is 2.92. The molecule has 1 aromatic rings. The molecule has 1 N–H and O–H groups in total. The van der Waals surface area contributed by atoms with Gasteiger partial charge in [-0.15, -0.1) is 0 Å². The van der Waals surface area contributed by atoms with E-state index in [9.17, 15) is 9.59 Å². The van der Waals surface area contributed by atoms with Gasteiger partial charge in [0, 0.05) is 18.8 Å². The first-order valence-electron chi connectivity index (χ1n) is 9.35. The number of pyridine rings is 1. The van der Waals surface area contributed by atoms with Crippen molar-refractivity contribution < 1.29 is 19.1 Å². The zero-order valence-electron chi connectivity index (χ0n) is 17.2. The third kappa shape index (κ3) is 7.45. The summed E-state index contributed by atoms with van der Waals surface area (Å²) in [6.07, 6.45) is 0.857. The fraction of sp³-hybridized carbons (Fsp3) is 0.650. The van der Waals surface area contributed by atoms with Crippen molar-refractivity contribution in [1.29, 1.82) is 0 Å². The Hall–Kier alpha value is -2.31. The third-order valence-electron chi connectivity index (χ3n) is 3.87. The van der Waals surface area contributed by atoms with Crippen LogP contribution in [0.3, 0.4) is 0 Å². The number of likely N-dealkylation sites (tertiary alicyclic amines) is 1. The topological polar surface area (TPSA) is 80.8 Å². The second kappa shape index (κ2) is 8.15. The van der Waals surface area contributed by atoms with Crippen LogP contribution in [0.1, 0.15) is 53.7 Å². The van der Waals surface area contributed by atoms with Crippen molar-refractivity contribution in [3.63, 3.8) is 0 Å². The van der Waals surface area contributed by atoms with E-state index in [2.05, 4.69) is 10.3 Å². The van der Waals surface area contributed by atoms with Crippen LogP contribution in [0.2, 0.25) is 0 Å². The molecule has 0 aromatic carbocycles. The van der Waals surface area contributed by atoms with Crippen molar-refractivity contribution in [2.24, 2.45) is 5.92 Å². The number of hydrogen-bond acceptors (Lipinski definition) is 5. The van der Waals surface area contributed by atoms with Crippen LogP contribution in [-0.2, 0) is 15.9 Å². The Balaban J connectivity index is 1.89. The largest absolute Gasteiger partial charge is 0.444 e. The van der Waals surface area contributed by atoms with E-state index in [0.29, 0.717) is 24.8 Å². The molecule has 0 aliphatic carbocycles. The highest BCUT2D eigenvalue weighted by atomic mass is 16.6. The predicted molar refractivity (Wildman–Crippen MR) is 104 cm³/mol. The second-order valence-electron chi connectivity index (χ2n) is 8.93. The number of amides is 2. The summed E-state index contributed by atoms with van der Waals surface area (Å²) < 4.78 is 10.7. The van der Waals surface area contributed by atoms with Gasteiger partial charge in [0.1, 0.15) is 17.0 Å². The monoisotopic (exact) mass is 377 g/mol. The summed E-state index contributed by atoms with van der Waals surface area (Å²) in [6, 6.07) is 5.51. The molecule has 0 radical (unpaired) electrons. The highest BCUT2D eigenvalue weighted by Gasteiger charge is 2.30. The lowest BCUT2D eigenvalue weighted by molar-refractivity contribution is 0.0287. The fourth-order valence-electron chi connectivity index (χ4n) is 2.86. The quantitative estimate of drug-likeness (QED) is 0.853. The molecular formula is C20H31N3O4. The lowest BCUT2D eigenvalue weighted by Gasteiger charge is -2.24. The van der Waals surface area contributed by atoms with Gasteiger partial charge in [-0.1, -0.05) is 6.07 Å². The molecular weight excluding hydrogens is 346 g/mol. The first kappa shape index (κ1) is 21.0. The Morgan fingerprint density at radius 2 is 1.81 bits per heavy atom. The van der Waals surface area contributed by atoms with E-state index in [1.807, 2.05) is 53.7 Å². The Morgan fingerprint density at radius 3 is 2.44 bits per heavy atom. The van der Waals surface area contributed by atoms with Crippen molar-refractivity contribution >= 4 is 18.0 Å². The van der Waals surface area contributed by atoms with E-state index in [4.69, 9.17) is 9.47 Å². The van der Waals surface area contributed by atoms with Gasteiger partial charge in [-0.2, -0.15) is 0 Å². The average molecular weight is 377 g/mol. The summed E-state index contributed by atoms with van der Waals surface area (Å²) in [5, 5.41) is 2.66. The minimum atomic E-state index is -0.559. The third-order valence-corrected chi connectivity index (χ3v) is 3.87. The Labute approximate surface area is 161 Å². The number of ether oxygens (including phenoxy) is 2. The van der Waals surface area contributed by atoms with E-state index < -0.39 is 17.3 Å². The molecule has 150 valence electrons. The van der Waals surface area contributed by atoms with Gasteiger partial charge >= 0.3 is 12.2 Å². The maximum absolute atomic E-state index is 12.2. The molecule has 0 saturated carbocycles. The Bertz CT molecular complexity index is 677. The SMILES string of the molecule is CC(C)(C)OC(=O)Nc1cccc(C[C@@H]2CCN(C(=O)OC(C)(C)C)C2)n1. The molecule has 2 heterocycles. The molecule has 2 rings (SSSR count). The number of rotatable bonds is 3. The van der Waals surface area contributed by atoms with Crippen LogP contribution in [0.4, 0.5) is 15.4 Å². The van der Waals surface area contributed by atoms with E-state index >= 15 is 0 Å². The Kier molecular flexibility index (Phi) is 6.34. The second-order valence-corrected chi connectivity index (χ2v) is 8.93. The number of hydrogen-bond donors (Lipinski definition) is 1. The lowest BCUT2D eigenvalue weighted by Crippen LogP contribution is -2.35. The molecule has 0 bridgehead atoms. The van der Waals surface area contributed by atoms with E-state index in [1.54, 1.807) is 11.0 Å². The van der Waals surface area contributed by atoms with Gasteiger partial charge < -0.3 is 14.4 Å². The molecule has 0 unspecified atom stereocenters. The molecule has 1 atom stereocenters. The van der Waals surface area contributed by atoms with Gasteiger partial charge in [0.05, 0.1) is 0 Å². The van der Waals surface area contributed by atoms with E-state index in [-0.39, 0.29) is 6.09 Å². The zero-order chi connectivity index (χ0) is 20.2. The summed E-state index contributed by atoms with van der Waals surface area (Å²) >= 11 is 0. The first-order chi connectivity index (χ1) is 12.4. The highest BCUT2D eigenvalue weighted by molar-refractivity contribution is 5.83. The van der Waals surface area contributed by atoms with Gasteiger partial charge in [0.15, 0.2) is 0 Å². The van der Waals surface area contributed by atoms with Gasteiger partial charge in [-0.3, -0.25) is 5.32 Å². The summed E-state index contributed by atoms with van der Waals surface area (Å²) in [6.45, 7) is 12.4. The smallest absolute Gasteiger partial charge is 0.413 e. The minimum Gasteiger partial charge on any atom is -0.444 e. The zero-order valence-corrected chi connectivity index (χ0v) is 17.2. The summed E-state index contributed by atoms with van der Waals surface area (Å²) in [5.74, 6) is 0.783. The highest BCUT2D eigenvalue weighted by Crippen LogP contribution is 2.23. The first-order valence-corrected chi connectivity index (χ1v) is 9.35. The lowest BCUT2D eigenvalue weighted by atomic mass is 10.0. The fourth-order valence-corrected chi connectivity index (χ4v) is 2.86. The predicted octanol–water partition coefficient (Wildman–Crippen LogP) is 4.23. The molecule has 1 aliphatic heterocycles. The van der Waals surface area contributed by atoms with Gasteiger partial charge in [-0.25, -0.2) is 14.6 Å². The summed E-state index contributed by atoms with van der Waals surface area (Å²) in [5.41, 5.74) is -0.172. The number of carbonyl (C=O) groups is 2. The van der Waals surface area contributed by atoms with Gasteiger partial charge in [0.25, 0.3) is 0 Å². The number of aromatic nitrogens is 1. The number of anilines is 1. The molecule has 0 spiro atoms. The number of carbonyl (C=O) groups excluding carboxylic acids is 2. The van der Waals surface area contributed by atoms with E-state index in [0.717, 1.165) is 18.5 Å². The molecule has 1 aliphatic rings. The molecule has 1 saturated heterocycles. The minimum absolute atomic E-state index is 0.265. The van der Waals surface area contributed by atoms with Crippen LogP contribution in [0.15, 0.2) is 18.2 Å². The van der Waals surface area contributed by atoms with Crippen LogP contribution >= 0.6 is 0 Å². The maximum Gasteiger partial charge on any atom is 0.413 e. The standard InChI is InChI=1S/C20H31N3O4/c1-19(2,3)26-17(24)22-16-9-7-8-15(21-16)12-14-10-11-23(13-14)18(25)27-20(4,5)6/h7-9,14H,10-13H2,1-6H3,(H,21,22,24)/t14-/m0/s1. The van der Waals surface area contributed by atoms with Crippen molar-refractivity contribution in [3.8, 4) is 0 Å². The van der Waals surface area contributed by atoms with E-state index in [1.165, 1.54) is 0 Å². The van der Waals surface area contributed by atoms with Crippen LogP contribution in [0.25, 0.3) is 0 Å². The summed E-state index contributed by atoms with van der Waals surface area (Å²) in [7, 11) is 0. The van der Waals surface area contributed by atoms with Crippen LogP contribution in [-0.4, -0.2) is 46.4 Å². The number of nitrogens with zero attached hydrogens (tertiary/aromatic N) is 2. The van der Waals surface area contributed by atoms with Crippen molar-refractivity contribution in [2.75, 3.05) is 18.4 Å². The molecule has 2 amide bonds.